The molecule has 2 unspecified atom stereocenters. The van der Waals surface area contributed by atoms with E-state index in [0.717, 1.165) is 23.7 Å². The molecule has 1 aromatic heterocycles. The Bertz CT molecular complexity index is 1110. The van der Waals surface area contributed by atoms with Crippen molar-refractivity contribution in [3.05, 3.63) is 83.2 Å². The maximum absolute atomic E-state index is 13.6. The van der Waals surface area contributed by atoms with Crippen LogP contribution in [-0.2, 0) is 24.2 Å². The molecule has 1 heterocycles. The van der Waals surface area contributed by atoms with Crippen molar-refractivity contribution in [1.29, 1.82) is 0 Å². The smallest absolute Gasteiger partial charge is 0.217 e. The second kappa shape index (κ2) is 11.6. The van der Waals surface area contributed by atoms with Crippen molar-refractivity contribution in [3.8, 4) is 5.69 Å². The van der Waals surface area contributed by atoms with Gasteiger partial charge in [0.15, 0.2) is 0 Å². The van der Waals surface area contributed by atoms with Crippen LogP contribution < -0.4 is 10.6 Å². The highest BCUT2D eigenvalue weighted by Crippen LogP contribution is 2.24. The highest BCUT2D eigenvalue weighted by Gasteiger charge is 2.21. The van der Waals surface area contributed by atoms with Gasteiger partial charge in [-0.25, -0.2) is 13.5 Å². The van der Waals surface area contributed by atoms with Crippen LogP contribution >= 0.6 is 0 Å². The summed E-state index contributed by atoms with van der Waals surface area (Å²) in [5.74, 6) is -1.73. The molecule has 0 spiro atoms. The Balaban J connectivity index is 1.72. The molecule has 0 aliphatic carbocycles. The largest absolute Gasteiger partial charge is 0.390 e. The first-order chi connectivity index (χ1) is 16.5. The monoisotopic (exact) mass is 484 g/mol. The maximum Gasteiger partial charge on any atom is 0.217 e. The van der Waals surface area contributed by atoms with E-state index in [9.17, 15) is 18.7 Å². The number of aliphatic hydroxyl groups excluding tert-OH is 1. The lowest BCUT2D eigenvalue weighted by molar-refractivity contribution is -0.120. The number of nitrogens with one attached hydrogen (secondary N) is 2. The van der Waals surface area contributed by atoms with E-state index >= 15 is 0 Å². The summed E-state index contributed by atoms with van der Waals surface area (Å²) in [6.07, 6.45) is 3.63. The predicted octanol–water partition coefficient (Wildman–Crippen LogP) is 3.94. The molecule has 6 nitrogen and oxygen atoms in total. The zero-order chi connectivity index (χ0) is 25.6. The molecule has 35 heavy (non-hydrogen) atoms. The summed E-state index contributed by atoms with van der Waals surface area (Å²) in [6, 6.07) is 10.6. The summed E-state index contributed by atoms with van der Waals surface area (Å²) < 4.78 is 29.0. The fourth-order valence-corrected chi connectivity index (χ4v) is 4.16. The normalized spacial score (nSPS) is 13.5. The van der Waals surface area contributed by atoms with Gasteiger partial charge in [0.2, 0.25) is 5.91 Å². The van der Waals surface area contributed by atoms with Crippen LogP contribution in [0.3, 0.4) is 0 Å². The standard InChI is InChI=1S/C27H34F2N4O2/c1-18(34)32-24(13-20-11-22(28)14-23(29)12-20)26(35)17-30-16-21-10-19(15-27(2,3)4)6-7-25(21)33-9-5-8-31-33/h5-12,14,24,26,30,35H,13,15-17H2,1-4H3,(H,32,34). The van der Waals surface area contributed by atoms with Crippen molar-refractivity contribution in [2.24, 2.45) is 5.41 Å². The van der Waals surface area contributed by atoms with E-state index in [1.807, 2.05) is 18.3 Å². The molecule has 0 bridgehead atoms. The first-order valence-corrected chi connectivity index (χ1v) is 11.7. The molecule has 0 radical (unpaired) electrons. The van der Waals surface area contributed by atoms with Gasteiger partial charge in [0.25, 0.3) is 0 Å². The van der Waals surface area contributed by atoms with E-state index in [-0.39, 0.29) is 24.3 Å². The average molecular weight is 485 g/mol. The Kier molecular flexibility index (Phi) is 8.75. The minimum Gasteiger partial charge on any atom is -0.390 e. The van der Waals surface area contributed by atoms with Gasteiger partial charge in [0.1, 0.15) is 11.6 Å². The Morgan fingerprint density at radius 3 is 2.43 bits per heavy atom. The summed E-state index contributed by atoms with van der Waals surface area (Å²) in [5, 5.41) is 21.1. The number of nitrogens with zero attached hydrogens (tertiary/aromatic N) is 2. The second-order valence-electron chi connectivity index (χ2n) is 10.1. The van der Waals surface area contributed by atoms with Gasteiger partial charge in [-0.3, -0.25) is 4.79 Å². The molecule has 0 saturated heterocycles. The molecule has 0 saturated carbocycles. The summed E-state index contributed by atoms with van der Waals surface area (Å²) in [7, 11) is 0. The third-order valence-corrected chi connectivity index (χ3v) is 5.53. The van der Waals surface area contributed by atoms with Crippen LogP contribution in [0.1, 0.15) is 44.4 Å². The molecule has 0 fully saturated rings. The number of carbonyl (C=O) groups excluding carboxylic acids is 1. The number of halogens is 2. The number of amides is 1. The minimum absolute atomic E-state index is 0.0940. The lowest BCUT2D eigenvalue weighted by Gasteiger charge is -2.25. The number of aliphatic hydroxyl groups is 1. The van der Waals surface area contributed by atoms with Crippen molar-refractivity contribution >= 4 is 5.91 Å². The van der Waals surface area contributed by atoms with Gasteiger partial charge < -0.3 is 15.7 Å². The molecule has 0 aliphatic rings. The number of hydrogen-bond acceptors (Lipinski definition) is 4. The quantitative estimate of drug-likeness (QED) is 0.407. The summed E-state index contributed by atoms with van der Waals surface area (Å²) in [5.41, 5.74) is 3.65. The summed E-state index contributed by atoms with van der Waals surface area (Å²) in [4.78, 5) is 11.7. The molecule has 3 aromatic rings. The van der Waals surface area contributed by atoms with Crippen LogP contribution in [0.4, 0.5) is 8.78 Å². The molecule has 188 valence electrons. The number of benzene rings is 2. The number of carbonyl (C=O) groups is 1. The van der Waals surface area contributed by atoms with Crippen LogP contribution in [0.25, 0.3) is 5.69 Å². The zero-order valence-electron chi connectivity index (χ0n) is 20.7. The second-order valence-corrected chi connectivity index (χ2v) is 10.1. The third kappa shape index (κ3) is 8.26. The maximum atomic E-state index is 13.6. The predicted molar refractivity (Wildman–Crippen MR) is 132 cm³/mol. The van der Waals surface area contributed by atoms with Crippen molar-refractivity contribution in [2.45, 2.75) is 59.2 Å². The minimum atomic E-state index is -0.976. The Hall–Kier alpha value is -3.10. The van der Waals surface area contributed by atoms with Crippen LogP contribution in [0, 0.1) is 17.0 Å². The van der Waals surface area contributed by atoms with E-state index in [2.05, 4.69) is 48.6 Å². The van der Waals surface area contributed by atoms with Gasteiger partial charge in [-0.15, -0.1) is 0 Å². The van der Waals surface area contributed by atoms with Gasteiger partial charge in [0.05, 0.1) is 17.8 Å². The van der Waals surface area contributed by atoms with Crippen LogP contribution in [-0.4, -0.2) is 39.5 Å². The van der Waals surface area contributed by atoms with Crippen LogP contribution in [0.15, 0.2) is 54.9 Å². The van der Waals surface area contributed by atoms with E-state index in [0.29, 0.717) is 12.1 Å². The van der Waals surface area contributed by atoms with Crippen molar-refractivity contribution in [3.63, 3.8) is 0 Å². The van der Waals surface area contributed by atoms with Crippen LogP contribution in [0.2, 0.25) is 0 Å². The topological polar surface area (TPSA) is 79.2 Å². The Morgan fingerprint density at radius 1 is 1.11 bits per heavy atom. The summed E-state index contributed by atoms with van der Waals surface area (Å²) >= 11 is 0. The molecular formula is C27H34F2N4O2. The molecule has 2 aromatic carbocycles. The first-order valence-electron chi connectivity index (χ1n) is 11.7. The van der Waals surface area contributed by atoms with E-state index in [4.69, 9.17) is 0 Å². The third-order valence-electron chi connectivity index (χ3n) is 5.53. The fraction of sp³-hybridized carbons (Fsp3) is 0.407. The molecule has 3 rings (SSSR count). The van der Waals surface area contributed by atoms with Gasteiger partial charge in [-0.05, 0) is 59.2 Å². The lowest BCUT2D eigenvalue weighted by atomic mass is 9.87. The molecule has 2 atom stereocenters. The SMILES string of the molecule is CC(=O)NC(Cc1cc(F)cc(F)c1)C(O)CNCc1cc(CC(C)(C)C)ccc1-n1cccn1. The zero-order valence-corrected chi connectivity index (χ0v) is 20.7. The number of hydrogen-bond donors (Lipinski definition) is 3. The Morgan fingerprint density at radius 2 is 1.83 bits per heavy atom. The molecular weight excluding hydrogens is 450 g/mol. The fourth-order valence-electron chi connectivity index (χ4n) is 4.16. The van der Waals surface area contributed by atoms with Gasteiger partial charge in [-0.1, -0.05) is 32.9 Å². The average Bonchev–Trinajstić information content (AvgIpc) is 3.26. The van der Waals surface area contributed by atoms with Crippen molar-refractivity contribution < 1.29 is 18.7 Å². The molecule has 1 amide bonds. The van der Waals surface area contributed by atoms with Crippen LogP contribution in [0.5, 0.6) is 0 Å². The first kappa shape index (κ1) is 26.5. The molecule has 8 heteroatoms. The van der Waals surface area contributed by atoms with Gasteiger partial charge in [-0.2, -0.15) is 5.10 Å². The number of aromatic nitrogens is 2. The van der Waals surface area contributed by atoms with E-state index in [1.165, 1.54) is 24.6 Å². The van der Waals surface area contributed by atoms with Gasteiger partial charge >= 0.3 is 0 Å². The number of rotatable bonds is 10. The van der Waals surface area contributed by atoms with E-state index in [1.54, 1.807) is 10.9 Å². The van der Waals surface area contributed by atoms with E-state index < -0.39 is 23.8 Å². The van der Waals surface area contributed by atoms with Crippen molar-refractivity contribution in [2.75, 3.05) is 6.54 Å². The molecule has 3 N–H and O–H groups in total. The molecule has 0 aliphatic heterocycles. The van der Waals surface area contributed by atoms with Crippen molar-refractivity contribution in [1.82, 2.24) is 20.4 Å². The summed E-state index contributed by atoms with van der Waals surface area (Å²) in [6.45, 7) is 8.55. The lowest BCUT2D eigenvalue weighted by Crippen LogP contribution is -2.48. The van der Waals surface area contributed by atoms with Gasteiger partial charge in [0, 0.05) is 38.5 Å². The highest BCUT2D eigenvalue weighted by molar-refractivity contribution is 5.73. The highest BCUT2D eigenvalue weighted by atomic mass is 19.1. The Labute approximate surface area is 205 Å².